The van der Waals surface area contributed by atoms with Crippen LogP contribution in [0.5, 0.6) is 0 Å². The van der Waals surface area contributed by atoms with Crippen molar-refractivity contribution in [1.82, 2.24) is 0 Å². The largest absolute Gasteiger partial charge is 0.0843 e. The highest BCUT2D eigenvalue weighted by molar-refractivity contribution is 6.35. The maximum absolute atomic E-state index is 6.09. The minimum absolute atomic E-state index is 0.705. The van der Waals surface area contributed by atoms with Crippen LogP contribution < -0.4 is 0 Å². The number of rotatable bonds is 7. The van der Waals surface area contributed by atoms with E-state index in [0.717, 1.165) is 11.4 Å². The summed E-state index contributed by atoms with van der Waals surface area (Å²) in [6.07, 6.45) is 9.70. The van der Waals surface area contributed by atoms with Gasteiger partial charge in [-0.25, -0.2) is 0 Å². The molecule has 0 nitrogen and oxygen atoms in total. The second-order valence-electron chi connectivity index (χ2n) is 4.08. The minimum atomic E-state index is 0.705. The van der Waals surface area contributed by atoms with Gasteiger partial charge in [0.1, 0.15) is 0 Å². The zero-order valence-electron chi connectivity index (χ0n) is 9.81. The van der Waals surface area contributed by atoms with E-state index in [4.69, 9.17) is 23.2 Å². The van der Waals surface area contributed by atoms with E-state index in [1.54, 1.807) is 0 Å². The van der Waals surface area contributed by atoms with Gasteiger partial charge in [0, 0.05) is 10.0 Å². The van der Waals surface area contributed by atoms with Gasteiger partial charge in [0.2, 0.25) is 0 Å². The van der Waals surface area contributed by atoms with E-state index in [-0.39, 0.29) is 0 Å². The van der Waals surface area contributed by atoms with E-state index >= 15 is 0 Å². The second kappa shape index (κ2) is 7.97. The summed E-state index contributed by atoms with van der Waals surface area (Å²) in [5.74, 6) is 0. The first-order valence-corrected chi connectivity index (χ1v) is 6.75. The van der Waals surface area contributed by atoms with Crippen molar-refractivity contribution in [2.45, 2.75) is 45.4 Å². The molecule has 1 rings (SSSR count). The zero-order valence-corrected chi connectivity index (χ0v) is 11.3. The third-order valence-corrected chi connectivity index (χ3v) is 3.23. The average molecular weight is 258 g/mol. The minimum Gasteiger partial charge on any atom is -0.0843 e. The van der Waals surface area contributed by atoms with Crippen molar-refractivity contribution >= 4 is 23.2 Å². The lowest BCUT2D eigenvalue weighted by Crippen LogP contribution is -1.88. The molecule has 1 radical (unpaired) electrons. The molecular weight excluding hydrogens is 239 g/mol. The number of hydrogen-bond acceptors (Lipinski definition) is 0. The number of benzene rings is 1. The van der Waals surface area contributed by atoms with Gasteiger partial charge < -0.3 is 0 Å². The van der Waals surface area contributed by atoms with Crippen LogP contribution in [0.15, 0.2) is 18.2 Å². The maximum Gasteiger partial charge on any atom is 0.0452 e. The summed E-state index contributed by atoms with van der Waals surface area (Å²) in [6.45, 7) is 2.23. The maximum atomic E-state index is 6.09. The topological polar surface area (TPSA) is 0 Å². The van der Waals surface area contributed by atoms with Crippen molar-refractivity contribution in [2.75, 3.05) is 0 Å². The molecule has 2 heteroatoms. The standard InChI is InChI=1S/C14H19Cl2/c1-2-3-4-5-6-7-8-12-9-10-13(15)11-14(12)16/h7,9-11H,2-6,8H2,1H3. The van der Waals surface area contributed by atoms with Crippen LogP contribution >= 0.6 is 23.2 Å². The second-order valence-corrected chi connectivity index (χ2v) is 4.92. The molecule has 0 amide bonds. The summed E-state index contributed by atoms with van der Waals surface area (Å²) >= 11 is 11.9. The van der Waals surface area contributed by atoms with E-state index in [2.05, 4.69) is 13.3 Å². The monoisotopic (exact) mass is 257 g/mol. The van der Waals surface area contributed by atoms with Gasteiger partial charge in [-0.15, -0.1) is 0 Å². The van der Waals surface area contributed by atoms with E-state index in [0.29, 0.717) is 5.02 Å². The first kappa shape index (κ1) is 13.9. The molecule has 16 heavy (non-hydrogen) atoms. The normalized spacial score (nSPS) is 10.7. The summed E-state index contributed by atoms with van der Waals surface area (Å²) in [7, 11) is 0. The van der Waals surface area contributed by atoms with E-state index in [1.807, 2.05) is 18.2 Å². The van der Waals surface area contributed by atoms with Crippen LogP contribution in [0.25, 0.3) is 0 Å². The van der Waals surface area contributed by atoms with Crippen molar-refractivity contribution in [3.8, 4) is 0 Å². The van der Waals surface area contributed by atoms with Gasteiger partial charge in [-0.2, -0.15) is 0 Å². The lowest BCUT2D eigenvalue weighted by Gasteiger charge is -2.04. The van der Waals surface area contributed by atoms with Crippen LogP contribution in [-0.2, 0) is 6.42 Å². The Morgan fingerprint density at radius 3 is 2.62 bits per heavy atom. The molecule has 89 valence electrons. The van der Waals surface area contributed by atoms with Crippen molar-refractivity contribution in [1.29, 1.82) is 0 Å². The third-order valence-electron chi connectivity index (χ3n) is 2.64. The fourth-order valence-corrected chi connectivity index (χ4v) is 2.15. The van der Waals surface area contributed by atoms with Crippen molar-refractivity contribution < 1.29 is 0 Å². The van der Waals surface area contributed by atoms with E-state index < -0.39 is 0 Å². The van der Waals surface area contributed by atoms with Gasteiger partial charge in [0.05, 0.1) is 0 Å². The fraction of sp³-hybridized carbons (Fsp3) is 0.500. The predicted octanol–water partition coefficient (Wildman–Crippen LogP) is 5.71. The van der Waals surface area contributed by atoms with Gasteiger partial charge in [0.25, 0.3) is 0 Å². The van der Waals surface area contributed by atoms with E-state index in [9.17, 15) is 0 Å². The van der Waals surface area contributed by atoms with Crippen LogP contribution in [0.2, 0.25) is 10.0 Å². The first-order chi connectivity index (χ1) is 7.74. The summed E-state index contributed by atoms with van der Waals surface area (Å²) in [5, 5.41) is 1.48. The Kier molecular flexibility index (Phi) is 6.91. The summed E-state index contributed by atoms with van der Waals surface area (Å²) in [6, 6.07) is 5.71. The molecule has 0 aliphatic heterocycles. The summed E-state index contributed by atoms with van der Waals surface area (Å²) in [4.78, 5) is 0. The lowest BCUT2D eigenvalue weighted by atomic mass is 10.1. The lowest BCUT2D eigenvalue weighted by molar-refractivity contribution is 0.657. The van der Waals surface area contributed by atoms with Crippen molar-refractivity contribution in [3.63, 3.8) is 0 Å². The number of unbranched alkanes of at least 4 members (excludes halogenated alkanes) is 5. The first-order valence-electron chi connectivity index (χ1n) is 5.99. The molecule has 1 aromatic carbocycles. The SMILES string of the molecule is CCCCCC[CH]Cc1ccc(Cl)cc1Cl. The molecule has 0 aliphatic carbocycles. The molecule has 1 aromatic rings. The molecule has 0 saturated carbocycles. The molecule has 0 aliphatic rings. The Morgan fingerprint density at radius 1 is 1.12 bits per heavy atom. The van der Waals surface area contributed by atoms with Gasteiger partial charge in [-0.3, -0.25) is 0 Å². The van der Waals surface area contributed by atoms with Gasteiger partial charge in [-0.05, 0) is 37.0 Å². The number of hydrogen-bond donors (Lipinski definition) is 0. The Balaban J connectivity index is 2.21. The summed E-state index contributed by atoms with van der Waals surface area (Å²) < 4.78 is 0. The zero-order chi connectivity index (χ0) is 11.8. The molecular formula is C14H19Cl2. The third kappa shape index (κ3) is 5.23. The smallest absolute Gasteiger partial charge is 0.0452 e. The highest BCUT2D eigenvalue weighted by Gasteiger charge is 2.01. The highest BCUT2D eigenvalue weighted by Crippen LogP contribution is 2.22. The van der Waals surface area contributed by atoms with Crippen LogP contribution in [0.1, 0.15) is 44.6 Å². The van der Waals surface area contributed by atoms with Crippen molar-refractivity contribution in [2.24, 2.45) is 0 Å². The molecule has 0 saturated heterocycles. The Bertz CT molecular complexity index is 308. The van der Waals surface area contributed by atoms with Crippen molar-refractivity contribution in [3.05, 3.63) is 40.2 Å². The van der Waals surface area contributed by atoms with Crippen LogP contribution in [0, 0.1) is 6.42 Å². The average Bonchev–Trinajstić information content (AvgIpc) is 2.26. The van der Waals surface area contributed by atoms with Gasteiger partial charge in [0.15, 0.2) is 0 Å². The predicted molar refractivity (Wildman–Crippen MR) is 73.2 cm³/mol. The number of halogens is 2. The molecule has 0 atom stereocenters. The van der Waals surface area contributed by atoms with Gasteiger partial charge >= 0.3 is 0 Å². The summed E-state index contributed by atoms with van der Waals surface area (Å²) in [5.41, 5.74) is 1.17. The fourth-order valence-electron chi connectivity index (χ4n) is 1.66. The van der Waals surface area contributed by atoms with E-state index in [1.165, 1.54) is 37.7 Å². The molecule has 0 aromatic heterocycles. The molecule has 0 unspecified atom stereocenters. The van der Waals surface area contributed by atoms with Crippen LogP contribution in [-0.4, -0.2) is 0 Å². The molecule has 0 spiro atoms. The Hall–Kier alpha value is -0.200. The molecule has 0 bridgehead atoms. The molecule has 0 heterocycles. The quantitative estimate of drug-likeness (QED) is 0.549. The molecule has 0 N–H and O–H groups in total. The molecule has 0 fully saturated rings. The Labute approximate surface area is 109 Å². The Morgan fingerprint density at radius 2 is 1.94 bits per heavy atom. The highest BCUT2D eigenvalue weighted by atomic mass is 35.5. The van der Waals surface area contributed by atoms with Gasteiger partial charge in [-0.1, -0.05) is 61.9 Å². The van der Waals surface area contributed by atoms with Crippen LogP contribution in [0.4, 0.5) is 0 Å². The van der Waals surface area contributed by atoms with Crippen LogP contribution in [0.3, 0.4) is 0 Å².